The minimum atomic E-state index is -3.41. The van der Waals surface area contributed by atoms with Crippen LogP contribution in [0.2, 0.25) is 0 Å². The molecular weight excluding hydrogens is 342 g/mol. The van der Waals surface area contributed by atoms with Crippen molar-refractivity contribution in [3.8, 4) is 5.75 Å². The molecule has 1 aliphatic rings. The number of ether oxygens (including phenoxy) is 1. The van der Waals surface area contributed by atoms with Crippen LogP contribution in [0.5, 0.6) is 5.75 Å². The molecule has 1 amide bonds. The smallest absolute Gasteiger partial charge is 0.242 e. The molecule has 1 heterocycles. The number of hydrogen-bond donors (Lipinski definition) is 1. The summed E-state index contributed by atoms with van der Waals surface area (Å²) in [6.45, 7) is 3.10. The van der Waals surface area contributed by atoms with Crippen LogP contribution in [0.25, 0.3) is 0 Å². The molecule has 1 fully saturated rings. The molecule has 1 N–H and O–H groups in total. The van der Waals surface area contributed by atoms with Gasteiger partial charge in [-0.05, 0) is 50.2 Å². The number of likely N-dealkylation sites (tertiary alicyclic amines) is 1. The van der Waals surface area contributed by atoms with Gasteiger partial charge >= 0.3 is 0 Å². The van der Waals surface area contributed by atoms with Gasteiger partial charge in [0, 0.05) is 33.6 Å². The SMILES string of the molecule is CNC(=O)C1CCN(CCOc2ccc(S(=O)(=O)N(C)C)cc2)CC1. The summed E-state index contributed by atoms with van der Waals surface area (Å²) in [5, 5.41) is 2.71. The summed E-state index contributed by atoms with van der Waals surface area (Å²) < 4.78 is 30.9. The van der Waals surface area contributed by atoms with Gasteiger partial charge < -0.3 is 10.1 Å². The number of amides is 1. The van der Waals surface area contributed by atoms with Crippen molar-refractivity contribution in [1.29, 1.82) is 0 Å². The van der Waals surface area contributed by atoms with Crippen LogP contribution in [0.4, 0.5) is 0 Å². The van der Waals surface area contributed by atoms with E-state index in [4.69, 9.17) is 4.74 Å². The van der Waals surface area contributed by atoms with E-state index in [9.17, 15) is 13.2 Å². The van der Waals surface area contributed by atoms with Crippen LogP contribution < -0.4 is 10.1 Å². The van der Waals surface area contributed by atoms with E-state index in [0.717, 1.165) is 32.5 Å². The molecule has 1 aromatic rings. The molecule has 0 unspecified atom stereocenters. The number of benzene rings is 1. The summed E-state index contributed by atoms with van der Waals surface area (Å²) in [6.07, 6.45) is 1.74. The number of nitrogens with zero attached hydrogens (tertiary/aromatic N) is 2. The van der Waals surface area contributed by atoms with Crippen LogP contribution in [-0.4, -0.2) is 70.9 Å². The van der Waals surface area contributed by atoms with Crippen molar-refractivity contribution in [1.82, 2.24) is 14.5 Å². The van der Waals surface area contributed by atoms with Crippen molar-refractivity contribution >= 4 is 15.9 Å². The quantitative estimate of drug-likeness (QED) is 0.768. The number of nitrogens with one attached hydrogen (secondary N) is 1. The number of rotatable bonds is 7. The van der Waals surface area contributed by atoms with Gasteiger partial charge in [0.25, 0.3) is 0 Å². The van der Waals surface area contributed by atoms with E-state index in [-0.39, 0.29) is 16.7 Å². The Labute approximate surface area is 150 Å². The highest BCUT2D eigenvalue weighted by atomic mass is 32.2. The Kier molecular flexibility index (Phi) is 6.80. The molecule has 1 saturated heterocycles. The second-order valence-corrected chi connectivity index (χ2v) is 8.49. The number of carbonyl (C=O) groups is 1. The Morgan fingerprint density at radius 2 is 1.84 bits per heavy atom. The summed E-state index contributed by atoms with van der Waals surface area (Å²) in [5.74, 6) is 0.898. The van der Waals surface area contributed by atoms with Crippen LogP contribution in [0, 0.1) is 5.92 Å². The van der Waals surface area contributed by atoms with E-state index in [0.29, 0.717) is 12.4 Å². The average molecular weight is 369 g/mol. The number of piperidine rings is 1. The molecule has 0 aromatic heterocycles. The molecular formula is C17H27N3O4S. The molecule has 0 spiro atoms. The van der Waals surface area contributed by atoms with Crippen molar-refractivity contribution in [3.63, 3.8) is 0 Å². The summed E-state index contributed by atoms with van der Waals surface area (Å²) in [4.78, 5) is 14.1. The predicted octanol–water partition coefficient (Wildman–Crippen LogP) is 0.774. The molecule has 1 aliphatic heterocycles. The number of hydrogen-bond acceptors (Lipinski definition) is 5. The lowest BCUT2D eigenvalue weighted by Gasteiger charge is -2.30. The van der Waals surface area contributed by atoms with Gasteiger partial charge in [-0.3, -0.25) is 9.69 Å². The second-order valence-electron chi connectivity index (χ2n) is 6.34. The fourth-order valence-corrected chi connectivity index (χ4v) is 3.74. The van der Waals surface area contributed by atoms with Gasteiger partial charge in [0.2, 0.25) is 15.9 Å². The molecule has 25 heavy (non-hydrogen) atoms. The summed E-state index contributed by atoms with van der Waals surface area (Å²) in [5.41, 5.74) is 0. The fourth-order valence-electron chi connectivity index (χ4n) is 2.83. The first-order valence-corrected chi connectivity index (χ1v) is 9.88. The van der Waals surface area contributed by atoms with E-state index in [1.165, 1.54) is 18.4 Å². The third kappa shape index (κ3) is 5.17. The lowest BCUT2D eigenvalue weighted by Crippen LogP contribution is -2.41. The van der Waals surface area contributed by atoms with E-state index >= 15 is 0 Å². The topological polar surface area (TPSA) is 79.0 Å². The molecule has 7 nitrogen and oxygen atoms in total. The standard InChI is InChI=1S/C17H27N3O4S/c1-18-17(21)14-8-10-20(11-9-14)12-13-24-15-4-6-16(7-5-15)25(22,23)19(2)3/h4-7,14H,8-13H2,1-3H3,(H,18,21). The van der Waals surface area contributed by atoms with Gasteiger partial charge in [-0.2, -0.15) is 0 Å². The zero-order valence-electron chi connectivity index (χ0n) is 15.1. The summed E-state index contributed by atoms with van der Waals surface area (Å²) >= 11 is 0. The zero-order chi connectivity index (χ0) is 18.4. The van der Waals surface area contributed by atoms with Crippen LogP contribution in [0.1, 0.15) is 12.8 Å². The van der Waals surface area contributed by atoms with Gasteiger partial charge in [0.15, 0.2) is 0 Å². The van der Waals surface area contributed by atoms with Crippen LogP contribution in [0.3, 0.4) is 0 Å². The largest absolute Gasteiger partial charge is 0.492 e. The molecule has 0 atom stereocenters. The summed E-state index contributed by atoms with van der Waals surface area (Å²) in [7, 11) is 1.28. The normalized spacial score (nSPS) is 16.8. The first-order chi connectivity index (χ1) is 11.8. The average Bonchev–Trinajstić information content (AvgIpc) is 2.62. The molecule has 1 aromatic carbocycles. The highest BCUT2D eigenvalue weighted by Crippen LogP contribution is 2.19. The second kappa shape index (κ2) is 8.64. The Morgan fingerprint density at radius 1 is 1.24 bits per heavy atom. The maximum Gasteiger partial charge on any atom is 0.242 e. The Bertz CT molecular complexity index is 666. The van der Waals surface area contributed by atoms with Crippen molar-refractivity contribution in [3.05, 3.63) is 24.3 Å². The first-order valence-electron chi connectivity index (χ1n) is 8.44. The maximum absolute atomic E-state index is 12.0. The van der Waals surface area contributed by atoms with Gasteiger partial charge in [0.1, 0.15) is 12.4 Å². The third-order valence-corrected chi connectivity index (χ3v) is 6.31. The Morgan fingerprint density at radius 3 is 2.36 bits per heavy atom. The van der Waals surface area contributed by atoms with E-state index < -0.39 is 10.0 Å². The maximum atomic E-state index is 12.0. The Balaban J connectivity index is 1.77. The fraction of sp³-hybridized carbons (Fsp3) is 0.588. The zero-order valence-corrected chi connectivity index (χ0v) is 15.9. The highest BCUT2D eigenvalue weighted by Gasteiger charge is 2.23. The monoisotopic (exact) mass is 369 g/mol. The van der Waals surface area contributed by atoms with Gasteiger partial charge in [-0.15, -0.1) is 0 Å². The minimum Gasteiger partial charge on any atom is -0.492 e. The van der Waals surface area contributed by atoms with Gasteiger partial charge in [-0.25, -0.2) is 12.7 Å². The highest BCUT2D eigenvalue weighted by molar-refractivity contribution is 7.89. The van der Waals surface area contributed by atoms with E-state index in [1.54, 1.807) is 31.3 Å². The van der Waals surface area contributed by atoms with Gasteiger partial charge in [0.05, 0.1) is 4.90 Å². The third-order valence-electron chi connectivity index (χ3n) is 4.48. The van der Waals surface area contributed by atoms with Crippen molar-refractivity contribution in [2.45, 2.75) is 17.7 Å². The molecule has 8 heteroatoms. The predicted molar refractivity (Wildman–Crippen MR) is 96.0 cm³/mol. The van der Waals surface area contributed by atoms with Crippen LogP contribution >= 0.6 is 0 Å². The molecule has 2 rings (SSSR count). The van der Waals surface area contributed by atoms with Crippen LogP contribution in [0.15, 0.2) is 29.2 Å². The molecule has 0 radical (unpaired) electrons. The minimum absolute atomic E-state index is 0.119. The van der Waals surface area contributed by atoms with Gasteiger partial charge in [-0.1, -0.05) is 0 Å². The van der Waals surface area contributed by atoms with E-state index in [1.807, 2.05) is 0 Å². The van der Waals surface area contributed by atoms with Crippen molar-refractivity contribution in [2.75, 3.05) is 47.4 Å². The van der Waals surface area contributed by atoms with Crippen molar-refractivity contribution in [2.24, 2.45) is 5.92 Å². The molecule has 0 aliphatic carbocycles. The van der Waals surface area contributed by atoms with E-state index in [2.05, 4.69) is 10.2 Å². The number of carbonyl (C=O) groups excluding carboxylic acids is 1. The molecule has 140 valence electrons. The molecule has 0 saturated carbocycles. The Hall–Kier alpha value is -1.64. The number of sulfonamides is 1. The lowest BCUT2D eigenvalue weighted by molar-refractivity contribution is -0.125. The summed E-state index contributed by atoms with van der Waals surface area (Å²) in [6, 6.07) is 6.46. The molecule has 0 bridgehead atoms. The van der Waals surface area contributed by atoms with Crippen molar-refractivity contribution < 1.29 is 17.9 Å². The lowest BCUT2D eigenvalue weighted by atomic mass is 9.96. The first kappa shape index (κ1) is 19.7. The van der Waals surface area contributed by atoms with Crippen LogP contribution in [-0.2, 0) is 14.8 Å².